The van der Waals surface area contributed by atoms with Crippen LogP contribution in [0.5, 0.6) is 11.5 Å². The fourth-order valence-corrected chi connectivity index (χ4v) is 2.75. The lowest BCUT2D eigenvalue weighted by molar-refractivity contribution is -0.124. The second-order valence-electron chi connectivity index (χ2n) is 5.78. The summed E-state index contributed by atoms with van der Waals surface area (Å²) >= 11 is 0. The van der Waals surface area contributed by atoms with Gasteiger partial charge in [-0.05, 0) is 37.1 Å². The van der Waals surface area contributed by atoms with Crippen LogP contribution in [0.1, 0.15) is 29.2 Å². The van der Waals surface area contributed by atoms with Crippen molar-refractivity contribution in [2.24, 2.45) is 0 Å². The zero-order valence-electron chi connectivity index (χ0n) is 13.5. The van der Waals surface area contributed by atoms with Crippen LogP contribution in [-0.2, 0) is 4.79 Å². The molecule has 23 heavy (non-hydrogen) atoms. The average molecular weight is 311 g/mol. The van der Waals surface area contributed by atoms with Gasteiger partial charge in [-0.2, -0.15) is 0 Å². The van der Waals surface area contributed by atoms with E-state index in [0.29, 0.717) is 6.61 Å². The number of hydrogen-bond acceptors (Lipinski definition) is 3. The molecule has 0 radical (unpaired) electrons. The van der Waals surface area contributed by atoms with Crippen LogP contribution in [0.15, 0.2) is 42.5 Å². The van der Waals surface area contributed by atoms with Gasteiger partial charge in [0.25, 0.3) is 5.91 Å². The Bertz CT molecular complexity index is 712. The zero-order chi connectivity index (χ0) is 16.2. The molecule has 0 saturated heterocycles. The molecule has 1 atom stereocenters. The third-order valence-corrected chi connectivity index (χ3v) is 4.21. The maximum Gasteiger partial charge on any atom is 0.258 e. The first-order valence-corrected chi connectivity index (χ1v) is 7.85. The number of fused-ring (bicyclic) bond motifs is 1. The summed E-state index contributed by atoms with van der Waals surface area (Å²) in [5, 5.41) is 3.04. The molecular formula is C19H21NO3. The molecule has 0 aromatic heterocycles. The molecule has 3 rings (SSSR count). The lowest BCUT2D eigenvalue weighted by atomic mass is 10.0. The van der Waals surface area contributed by atoms with E-state index >= 15 is 0 Å². The van der Waals surface area contributed by atoms with E-state index in [1.165, 1.54) is 0 Å². The molecule has 1 amide bonds. The van der Waals surface area contributed by atoms with Crippen LogP contribution in [0.25, 0.3) is 0 Å². The van der Waals surface area contributed by atoms with Crippen molar-refractivity contribution in [3.8, 4) is 11.5 Å². The van der Waals surface area contributed by atoms with Crippen LogP contribution < -0.4 is 14.8 Å². The van der Waals surface area contributed by atoms with Crippen molar-refractivity contribution in [3.05, 3.63) is 59.2 Å². The number of rotatable bonds is 4. The first kappa shape index (κ1) is 15.4. The maximum absolute atomic E-state index is 12.2. The molecule has 0 aliphatic carbocycles. The second-order valence-corrected chi connectivity index (χ2v) is 5.78. The highest BCUT2D eigenvalue weighted by Gasteiger charge is 2.22. The Morgan fingerprint density at radius 1 is 1.22 bits per heavy atom. The van der Waals surface area contributed by atoms with Gasteiger partial charge in [-0.15, -0.1) is 0 Å². The van der Waals surface area contributed by atoms with Gasteiger partial charge < -0.3 is 14.8 Å². The predicted octanol–water partition coefficient (Wildman–Crippen LogP) is 3.32. The summed E-state index contributed by atoms with van der Waals surface area (Å²) < 4.78 is 11.3. The first-order valence-electron chi connectivity index (χ1n) is 7.85. The van der Waals surface area contributed by atoms with Crippen LogP contribution in [0.4, 0.5) is 0 Å². The quantitative estimate of drug-likeness (QED) is 0.942. The molecule has 0 fully saturated rings. The zero-order valence-corrected chi connectivity index (χ0v) is 13.5. The molecule has 4 nitrogen and oxygen atoms in total. The van der Waals surface area contributed by atoms with Crippen LogP contribution >= 0.6 is 0 Å². The van der Waals surface area contributed by atoms with Gasteiger partial charge in [-0.3, -0.25) is 4.79 Å². The van der Waals surface area contributed by atoms with Crippen molar-refractivity contribution in [1.82, 2.24) is 5.32 Å². The Morgan fingerprint density at radius 3 is 2.91 bits per heavy atom. The van der Waals surface area contributed by atoms with E-state index in [2.05, 4.69) is 5.32 Å². The molecule has 120 valence electrons. The van der Waals surface area contributed by atoms with Gasteiger partial charge in [0.15, 0.2) is 6.61 Å². The van der Waals surface area contributed by atoms with E-state index in [9.17, 15) is 4.79 Å². The Labute approximate surface area is 136 Å². The molecule has 0 unspecified atom stereocenters. The SMILES string of the molecule is Cc1cccc(OCC(=O)N[C@@H]2CCOc3ccccc32)c1C. The highest BCUT2D eigenvalue weighted by atomic mass is 16.5. The number of hydrogen-bond donors (Lipinski definition) is 1. The summed E-state index contributed by atoms with van der Waals surface area (Å²) in [7, 11) is 0. The fraction of sp³-hybridized carbons (Fsp3) is 0.316. The van der Waals surface area contributed by atoms with Gasteiger partial charge in [-0.1, -0.05) is 30.3 Å². The number of ether oxygens (including phenoxy) is 2. The number of carbonyl (C=O) groups excluding carboxylic acids is 1. The lowest BCUT2D eigenvalue weighted by Crippen LogP contribution is -2.35. The highest BCUT2D eigenvalue weighted by Crippen LogP contribution is 2.31. The molecule has 4 heteroatoms. The van der Waals surface area contributed by atoms with Crippen molar-refractivity contribution >= 4 is 5.91 Å². The van der Waals surface area contributed by atoms with E-state index in [-0.39, 0.29) is 18.6 Å². The standard InChI is InChI=1S/C19H21NO3/c1-13-6-5-9-17(14(13)2)23-12-19(21)20-16-10-11-22-18-8-4-3-7-15(16)18/h3-9,16H,10-12H2,1-2H3,(H,20,21)/t16-/m1/s1. The van der Waals surface area contributed by atoms with Crippen LogP contribution in [-0.4, -0.2) is 19.1 Å². The fourth-order valence-electron chi connectivity index (χ4n) is 2.75. The molecule has 2 aromatic carbocycles. The average Bonchev–Trinajstić information content (AvgIpc) is 2.56. The smallest absolute Gasteiger partial charge is 0.258 e. The number of benzene rings is 2. The molecule has 2 aromatic rings. The summed E-state index contributed by atoms with van der Waals surface area (Å²) in [5.41, 5.74) is 3.25. The van der Waals surface area contributed by atoms with Gasteiger partial charge in [0.1, 0.15) is 11.5 Å². The van der Waals surface area contributed by atoms with E-state index in [1.807, 2.05) is 56.3 Å². The van der Waals surface area contributed by atoms with Crippen LogP contribution in [0, 0.1) is 13.8 Å². The van der Waals surface area contributed by atoms with Gasteiger partial charge in [0, 0.05) is 12.0 Å². The highest BCUT2D eigenvalue weighted by molar-refractivity contribution is 5.78. The molecule has 1 aliphatic rings. The molecule has 1 aliphatic heterocycles. The van der Waals surface area contributed by atoms with Crippen molar-refractivity contribution in [1.29, 1.82) is 0 Å². The molecule has 0 bridgehead atoms. The molecule has 0 spiro atoms. The summed E-state index contributed by atoms with van der Waals surface area (Å²) in [6, 6.07) is 13.6. The van der Waals surface area contributed by atoms with Gasteiger partial charge in [-0.25, -0.2) is 0 Å². The number of aryl methyl sites for hydroxylation is 1. The third kappa shape index (κ3) is 3.47. The van der Waals surface area contributed by atoms with Gasteiger partial charge >= 0.3 is 0 Å². The van der Waals surface area contributed by atoms with E-state index in [1.54, 1.807) is 0 Å². The second kappa shape index (κ2) is 6.73. The predicted molar refractivity (Wildman–Crippen MR) is 88.8 cm³/mol. The van der Waals surface area contributed by atoms with Crippen molar-refractivity contribution < 1.29 is 14.3 Å². The number of carbonyl (C=O) groups is 1. The van der Waals surface area contributed by atoms with Gasteiger partial charge in [0.2, 0.25) is 0 Å². The summed E-state index contributed by atoms with van der Waals surface area (Å²) in [4.78, 5) is 12.2. The normalized spacial score (nSPS) is 16.2. The molecular weight excluding hydrogens is 290 g/mol. The maximum atomic E-state index is 12.2. The summed E-state index contributed by atoms with van der Waals surface area (Å²) in [5.74, 6) is 1.49. The Kier molecular flexibility index (Phi) is 4.51. The third-order valence-electron chi connectivity index (χ3n) is 4.21. The van der Waals surface area contributed by atoms with Crippen molar-refractivity contribution in [3.63, 3.8) is 0 Å². The number of para-hydroxylation sites is 1. The summed E-state index contributed by atoms with van der Waals surface area (Å²) in [6.45, 7) is 4.65. The minimum atomic E-state index is -0.118. The van der Waals surface area contributed by atoms with Gasteiger partial charge in [0.05, 0.1) is 12.6 Å². The number of nitrogens with one attached hydrogen (secondary N) is 1. The lowest BCUT2D eigenvalue weighted by Gasteiger charge is -2.26. The number of amides is 1. The topological polar surface area (TPSA) is 47.6 Å². The molecule has 0 saturated carbocycles. The largest absolute Gasteiger partial charge is 0.493 e. The van der Waals surface area contributed by atoms with Crippen molar-refractivity contribution in [2.75, 3.05) is 13.2 Å². The molecule has 1 N–H and O–H groups in total. The van der Waals surface area contributed by atoms with Crippen LogP contribution in [0.2, 0.25) is 0 Å². The minimum Gasteiger partial charge on any atom is -0.493 e. The summed E-state index contributed by atoms with van der Waals surface area (Å²) in [6.07, 6.45) is 0.770. The molecule has 1 heterocycles. The van der Waals surface area contributed by atoms with Crippen LogP contribution in [0.3, 0.4) is 0 Å². The van der Waals surface area contributed by atoms with E-state index in [0.717, 1.165) is 34.6 Å². The monoisotopic (exact) mass is 311 g/mol. The Balaban J connectivity index is 1.61. The minimum absolute atomic E-state index is 0.0177. The first-order chi connectivity index (χ1) is 11.1. The van der Waals surface area contributed by atoms with E-state index in [4.69, 9.17) is 9.47 Å². The Hall–Kier alpha value is -2.49. The van der Waals surface area contributed by atoms with E-state index < -0.39 is 0 Å². The van der Waals surface area contributed by atoms with Crippen molar-refractivity contribution in [2.45, 2.75) is 26.3 Å². The Morgan fingerprint density at radius 2 is 2.04 bits per heavy atom.